The van der Waals surface area contributed by atoms with Crippen LogP contribution >= 0.6 is 0 Å². The van der Waals surface area contributed by atoms with E-state index in [-0.39, 0.29) is 22.8 Å². The van der Waals surface area contributed by atoms with Gasteiger partial charge in [-0.3, -0.25) is 0 Å². The molecule has 206 valence electrons. The number of halogens is 2. The number of methoxy groups -OCH3 is 2. The minimum Gasteiger partial charge on any atom is -0.507 e. The maximum atomic E-state index is 14.8. The number of nitrogens with zero attached hydrogens (tertiary/aromatic N) is 3. The maximum Gasteiger partial charge on any atom is 0.339 e. The Kier molecular flexibility index (Phi) is 6.66. The molecule has 11 heteroatoms. The zero-order valence-electron chi connectivity index (χ0n) is 22.0. The summed E-state index contributed by atoms with van der Waals surface area (Å²) in [5.41, 5.74) is 2.01. The molecule has 5 rings (SSSR count). The van der Waals surface area contributed by atoms with E-state index in [2.05, 4.69) is 10.3 Å². The van der Waals surface area contributed by atoms with Crippen molar-refractivity contribution in [1.29, 1.82) is 0 Å². The number of hydrogen-bond donors (Lipinski definition) is 2. The van der Waals surface area contributed by atoms with E-state index < -0.39 is 23.0 Å². The normalized spacial score (nSPS) is 11.7. The SMILES string of the molecule is COc1cc(-n2c(C(C)(C)Cc3cnon3)c(-c3ccc(C(=O)O)c(OC)c3)c3c(O)cc(F)cc32)ccc1F. The number of aromatic carboxylic acids is 1. The lowest BCUT2D eigenvalue weighted by atomic mass is 9.80. The van der Waals surface area contributed by atoms with Gasteiger partial charge in [-0.25, -0.2) is 18.2 Å². The monoisotopic (exact) mass is 549 g/mol. The van der Waals surface area contributed by atoms with Crippen LogP contribution in [0, 0.1) is 11.6 Å². The molecule has 0 saturated carbocycles. The molecular formula is C29H25F2N3O6. The molecule has 0 aliphatic heterocycles. The predicted octanol–water partition coefficient (Wildman–Crippen LogP) is 5.90. The van der Waals surface area contributed by atoms with E-state index in [0.29, 0.717) is 45.5 Å². The van der Waals surface area contributed by atoms with E-state index in [1.165, 1.54) is 50.7 Å². The fourth-order valence-corrected chi connectivity index (χ4v) is 5.16. The summed E-state index contributed by atoms with van der Waals surface area (Å²) >= 11 is 0. The topological polar surface area (TPSA) is 120 Å². The second kappa shape index (κ2) is 9.99. The van der Waals surface area contributed by atoms with Crippen LogP contribution in [0.25, 0.3) is 27.7 Å². The first kappa shape index (κ1) is 26.7. The number of aromatic nitrogens is 3. The number of hydrogen-bond acceptors (Lipinski definition) is 7. The van der Waals surface area contributed by atoms with Crippen molar-refractivity contribution in [1.82, 2.24) is 14.9 Å². The molecule has 0 fully saturated rings. The van der Waals surface area contributed by atoms with E-state index in [1.807, 2.05) is 13.8 Å². The third-order valence-corrected chi connectivity index (χ3v) is 6.80. The first-order chi connectivity index (χ1) is 19.1. The van der Waals surface area contributed by atoms with Crippen molar-refractivity contribution in [3.05, 3.63) is 83.3 Å². The first-order valence-electron chi connectivity index (χ1n) is 12.1. The van der Waals surface area contributed by atoms with E-state index in [9.17, 15) is 23.8 Å². The Morgan fingerprint density at radius 2 is 1.80 bits per heavy atom. The van der Waals surface area contributed by atoms with Gasteiger partial charge < -0.3 is 24.3 Å². The lowest BCUT2D eigenvalue weighted by molar-refractivity contribution is 0.0693. The van der Waals surface area contributed by atoms with Crippen LogP contribution in [0.2, 0.25) is 0 Å². The molecule has 9 nitrogen and oxygen atoms in total. The number of fused-ring (bicyclic) bond motifs is 1. The van der Waals surface area contributed by atoms with Gasteiger partial charge in [-0.2, -0.15) is 0 Å². The molecule has 3 aromatic carbocycles. The minimum absolute atomic E-state index is 0.0292. The molecule has 0 amide bonds. The predicted molar refractivity (Wildman–Crippen MR) is 141 cm³/mol. The van der Waals surface area contributed by atoms with Crippen molar-refractivity contribution in [3.8, 4) is 34.1 Å². The smallest absolute Gasteiger partial charge is 0.339 e. The van der Waals surface area contributed by atoms with E-state index >= 15 is 0 Å². The van der Waals surface area contributed by atoms with Gasteiger partial charge in [-0.1, -0.05) is 30.2 Å². The van der Waals surface area contributed by atoms with Gasteiger partial charge in [-0.15, -0.1) is 0 Å². The summed E-state index contributed by atoms with van der Waals surface area (Å²) < 4.78 is 46.4. The van der Waals surface area contributed by atoms with E-state index in [0.717, 1.165) is 6.07 Å². The number of benzene rings is 3. The summed E-state index contributed by atoms with van der Waals surface area (Å²) in [6, 6.07) is 11.1. The number of aromatic hydroxyl groups is 1. The fraction of sp³-hybridized carbons (Fsp3) is 0.207. The van der Waals surface area contributed by atoms with Crippen LogP contribution in [0.4, 0.5) is 8.78 Å². The molecule has 0 aliphatic carbocycles. The van der Waals surface area contributed by atoms with Crippen molar-refractivity contribution in [2.45, 2.75) is 25.7 Å². The Hall–Kier alpha value is -4.93. The zero-order valence-corrected chi connectivity index (χ0v) is 22.0. The van der Waals surface area contributed by atoms with Gasteiger partial charge in [0.25, 0.3) is 0 Å². The summed E-state index contributed by atoms with van der Waals surface area (Å²) in [5, 5.41) is 28.7. The Morgan fingerprint density at radius 3 is 2.45 bits per heavy atom. The number of ether oxygens (including phenoxy) is 2. The molecule has 2 heterocycles. The molecule has 0 unspecified atom stereocenters. The fourth-order valence-electron chi connectivity index (χ4n) is 5.16. The number of phenols is 1. The van der Waals surface area contributed by atoms with Crippen LogP contribution in [0.1, 0.15) is 35.6 Å². The van der Waals surface area contributed by atoms with Crippen molar-refractivity contribution >= 4 is 16.9 Å². The zero-order chi connectivity index (χ0) is 28.8. The van der Waals surface area contributed by atoms with E-state index in [1.54, 1.807) is 16.7 Å². The van der Waals surface area contributed by atoms with Crippen LogP contribution < -0.4 is 9.47 Å². The van der Waals surface area contributed by atoms with Crippen LogP contribution in [0.3, 0.4) is 0 Å². The van der Waals surface area contributed by atoms with Gasteiger partial charge in [0.05, 0.1) is 31.3 Å². The molecule has 40 heavy (non-hydrogen) atoms. The quantitative estimate of drug-likeness (QED) is 0.246. The minimum atomic E-state index is -1.17. The maximum absolute atomic E-state index is 14.8. The van der Waals surface area contributed by atoms with Crippen molar-refractivity contribution in [2.75, 3.05) is 14.2 Å². The standard InChI is InChI=1S/C29H25F2N3O6/c1-29(2,13-17-14-32-40-33-17)27-25(15-5-7-19(28(36)37)23(9-15)38-3)26-21(10-16(30)11-22(26)35)34(27)18-6-8-20(31)24(12-18)39-4/h5-12,14,35H,13H2,1-4H3,(H,36,37). The van der Waals surface area contributed by atoms with Gasteiger partial charge in [0.15, 0.2) is 11.6 Å². The number of carboxylic acids is 1. The molecule has 0 radical (unpaired) electrons. The van der Waals surface area contributed by atoms with E-state index in [4.69, 9.17) is 14.1 Å². The van der Waals surface area contributed by atoms with Gasteiger partial charge in [0.1, 0.15) is 28.6 Å². The molecule has 5 aromatic rings. The van der Waals surface area contributed by atoms with Gasteiger partial charge in [0, 0.05) is 40.9 Å². The second-order valence-electron chi connectivity index (χ2n) is 9.88. The first-order valence-corrected chi connectivity index (χ1v) is 12.1. The number of phenolic OH excluding ortho intramolecular Hbond substituents is 1. The Balaban J connectivity index is 1.94. The van der Waals surface area contributed by atoms with Crippen molar-refractivity contribution in [2.24, 2.45) is 0 Å². The van der Waals surface area contributed by atoms with Crippen LogP contribution in [0.15, 0.2) is 59.4 Å². The van der Waals surface area contributed by atoms with Gasteiger partial charge >= 0.3 is 5.97 Å². The molecule has 2 N–H and O–H groups in total. The van der Waals surface area contributed by atoms with Crippen LogP contribution in [-0.2, 0) is 11.8 Å². The Bertz CT molecular complexity index is 1750. The second-order valence-corrected chi connectivity index (χ2v) is 9.88. The highest BCUT2D eigenvalue weighted by Crippen LogP contribution is 2.48. The van der Waals surface area contributed by atoms with Crippen molar-refractivity contribution < 1.29 is 37.9 Å². The highest BCUT2D eigenvalue weighted by atomic mass is 19.1. The summed E-state index contributed by atoms with van der Waals surface area (Å²) in [6.45, 7) is 3.85. The third kappa shape index (κ3) is 4.49. The van der Waals surface area contributed by atoms with Gasteiger partial charge in [-0.05, 0) is 35.9 Å². The molecule has 0 atom stereocenters. The Morgan fingerprint density at radius 1 is 1.05 bits per heavy atom. The highest BCUT2D eigenvalue weighted by Gasteiger charge is 2.35. The largest absolute Gasteiger partial charge is 0.507 e. The van der Waals surface area contributed by atoms with Crippen molar-refractivity contribution in [3.63, 3.8) is 0 Å². The number of carbonyl (C=O) groups is 1. The van der Waals surface area contributed by atoms with Gasteiger partial charge in [0.2, 0.25) is 0 Å². The summed E-state index contributed by atoms with van der Waals surface area (Å²) in [6.07, 6.45) is 1.79. The lowest BCUT2D eigenvalue weighted by Gasteiger charge is -2.28. The third-order valence-electron chi connectivity index (χ3n) is 6.80. The van der Waals surface area contributed by atoms with Crippen LogP contribution in [0.5, 0.6) is 17.2 Å². The Labute approximate surface area is 227 Å². The molecule has 0 bridgehead atoms. The summed E-state index contributed by atoms with van der Waals surface area (Å²) in [5.74, 6) is -2.71. The summed E-state index contributed by atoms with van der Waals surface area (Å²) in [7, 11) is 2.69. The summed E-state index contributed by atoms with van der Waals surface area (Å²) in [4.78, 5) is 11.8. The number of rotatable bonds is 8. The lowest BCUT2D eigenvalue weighted by Crippen LogP contribution is -2.25. The molecule has 0 saturated heterocycles. The molecule has 0 aliphatic rings. The van der Waals surface area contributed by atoms with Crippen LogP contribution in [-0.4, -0.2) is 45.3 Å². The highest BCUT2D eigenvalue weighted by molar-refractivity contribution is 6.04. The number of carboxylic acid groups (broad SMARTS) is 1. The molecule has 2 aromatic heterocycles. The average molecular weight is 550 g/mol. The molecule has 0 spiro atoms. The average Bonchev–Trinajstić information content (AvgIpc) is 3.54. The molecular weight excluding hydrogens is 524 g/mol.